The molecule has 3 aliphatic rings. The minimum absolute atomic E-state index is 0. The zero-order valence-electron chi connectivity index (χ0n) is 11.5. The molecule has 1 N–H and O–H groups in total. The van der Waals surface area contributed by atoms with Gasteiger partial charge in [0.15, 0.2) is 0 Å². The normalized spacial score (nSPS) is 29.1. The maximum absolute atomic E-state index is 11.8. The van der Waals surface area contributed by atoms with E-state index in [9.17, 15) is 4.79 Å². The zero-order chi connectivity index (χ0) is 11.2. The molecule has 0 bridgehead atoms. The molecule has 0 radical (unpaired) electrons. The van der Waals surface area contributed by atoms with Gasteiger partial charge in [-0.1, -0.05) is 0 Å². The summed E-state index contributed by atoms with van der Waals surface area (Å²) in [6.45, 7) is 1.57. The van der Waals surface area contributed by atoms with Crippen LogP contribution in [0.15, 0.2) is 0 Å². The Morgan fingerprint density at radius 3 is 2.32 bits per heavy atom. The Labute approximate surface area is 140 Å². The maximum Gasteiger partial charge on any atom is 0.248 e. The number of morpholine rings is 1. The van der Waals surface area contributed by atoms with Gasteiger partial charge in [-0.05, 0) is 38.8 Å². The fourth-order valence-electron chi connectivity index (χ4n) is 2.52. The molecule has 1 aliphatic carbocycles. The fourth-order valence-corrected chi connectivity index (χ4v) is 2.52. The second kappa shape index (κ2) is 8.75. The minimum atomic E-state index is -0.993. The first-order valence-corrected chi connectivity index (χ1v) is 5.81. The first-order chi connectivity index (χ1) is 7.70. The van der Waals surface area contributed by atoms with Crippen molar-refractivity contribution in [1.82, 2.24) is 10.2 Å². The Hall–Kier alpha value is 0.550. The summed E-state index contributed by atoms with van der Waals surface area (Å²) in [5.41, 5.74) is -0.242. The second-order valence-electron chi connectivity index (χ2n) is 4.87. The molecule has 0 aromatic heterocycles. The molecule has 1 saturated carbocycles. The van der Waals surface area contributed by atoms with Gasteiger partial charge in [-0.15, -0.1) is 49.6 Å². The second-order valence-corrected chi connectivity index (χ2v) is 4.87. The van der Waals surface area contributed by atoms with Gasteiger partial charge in [0, 0.05) is 6.04 Å². The van der Waals surface area contributed by atoms with Crippen LogP contribution in [0, 0.1) is 0 Å². The van der Waals surface area contributed by atoms with Crippen LogP contribution in [0.5, 0.6) is 0 Å². The van der Waals surface area contributed by atoms with E-state index in [-0.39, 0.29) is 61.1 Å². The molecular weight excluding hydrogens is 334 g/mol. The monoisotopic (exact) mass is 355 g/mol. The van der Waals surface area contributed by atoms with Crippen molar-refractivity contribution >= 4 is 55.5 Å². The molecule has 3 rings (SSSR count). The first-order valence-electron chi connectivity index (χ1n) is 6.39. The standard InChI is InChI=1S/C11H18N2O2.4ClH/c14-10-7-15-11(3-5-12-6-4-11)8-13(10)9-1-2-9;;;;/h9,12H,1-8H2;4*1H/i7D;;;;. The highest BCUT2D eigenvalue weighted by atomic mass is 35.5. The number of halogens is 4. The number of carbonyl (C=O) groups is 1. The quantitative estimate of drug-likeness (QED) is 0.779. The highest BCUT2D eigenvalue weighted by molar-refractivity contribution is 5.86. The molecule has 4 nitrogen and oxygen atoms in total. The van der Waals surface area contributed by atoms with E-state index < -0.39 is 6.58 Å². The number of rotatable bonds is 1. The van der Waals surface area contributed by atoms with Crippen molar-refractivity contribution in [1.29, 1.82) is 0 Å². The van der Waals surface area contributed by atoms with Crippen molar-refractivity contribution < 1.29 is 10.9 Å². The number of nitrogens with one attached hydrogen (secondary N) is 1. The van der Waals surface area contributed by atoms with Gasteiger partial charge in [0.2, 0.25) is 5.91 Å². The van der Waals surface area contributed by atoms with Gasteiger partial charge < -0.3 is 15.0 Å². The van der Waals surface area contributed by atoms with Crippen molar-refractivity contribution in [2.45, 2.75) is 37.3 Å². The molecule has 1 atom stereocenters. The van der Waals surface area contributed by atoms with Gasteiger partial charge in [0.1, 0.15) is 6.58 Å². The number of hydrogen-bond donors (Lipinski definition) is 1. The Morgan fingerprint density at radius 2 is 1.79 bits per heavy atom. The van der Waals surface area contributed by atoms with E-state index in [0.717, 1.165) is 38.8 Å². The third kappa shape index (κ3) is 4.80. The number of ether oxygens (including phenoxy) is 1. The third-order valence-corrected chi connectivity index (χ3v) is 3.65. The van der Waals surface area contributed by atoms with E-state index >= 15 is 0 Å². The number of piperidine rings is 1. The van der Waals surface area contributed by atoms with Crippen LogP contribution in [0.4, 0.5) is 0 Å². The van der Waals surface area contributed by atoms with Crippen LogP contribution in [0.25, 0.3) is 0 Å². The van der Waals surface area contributed by atoms with E-state index in [1.165, 1.54) is 0 Å². The number of carbonyl (C=O) groups excluding carboxylic acids is 1. The molecule has 0 aromatic carbocycles. The molecule has 19 heavy (non-hydrogen) atoms. The Morgan fingerprint density at radius 1 is 1.21 bits per heavy atom. The highest BCUT2D eigenvalue weighted by Gasteiger charge is 2.45. The Balaban J connectivity index is 0. The number of hydrogen-bond acceptors (Lipinski definition) is 3. The Bertz CT molecular complexity index is 315. The molecule has 116 valence electrons. The topological polar surface area (TPSA) is 41.6 Å². The summed E-state index contributed by atoms with van der Waals surface area (Å²) in [6.07, 6.45) is 4.04. The van der Waals surface area contributed by atoms with Crippen LogP contribution in [0.3, 0.4) is 0 Å². The van der Waals surface area contributed by atoms with Crippen LogP contribution in [0.1, 0.15) is 27.1 Å². The molecule has 8 heteroatoms. The van der Waals surface area contributed by atoms with Crippen molar-refractivity contribution in [3.63, 3.8) is 0 Å². The average Bonchev–Trinajstić information content (AvgIpc) is 3.09. The Kier molecular flexibility index (Phi) is 9.01. The molecule has 3 fully saturated rings. The van der Waals surface area contributed by atoms with Crippen molar-refractivity contribution in [2.75, 3.05) is 26.2 Å². The first kappa shape index (κ1) is 19.6. The molecule has 2 heterocycles. The van der Waals surface area contributed by atoms with Gasteiger partial charge in [0.05, 0.1) is 13.5 Å². The van der Waals surface area contributed by atoms with Crippen LogP contribution < -0.4 is 5.32 Å². The zero-order valence-corrected chi connectivity index (χ0v) is 13.8. The molecule has 2 saturated heterocycles. The highest BCUT2D eigenvalue weighted by Crippen LogP contribution is 2.34. The smallest absolute Gasteiger partial charge is 0.248 e. The minimum Gasteiger partial charge on any atom is -0.363 e. The summed E-state index contributed by atoms with van der Waals surface area (Å²) in [5, 5.41) is 3.30. The lowest BCUT2D eigenvalue weighted by molar-refractivity contribution is -0.168. The lowest BCUT2D eigenvalue weighted by Crippen LogP contribution is -2.58. The van der Waals surface area contributed by atoms with Crippen LogP contribution in [0.2, 0.25) is 0 Å². The molecule has 1 spiro atoms. The average molecular weight is 357 g/mol. The van der Waals surface area contributed by atoms with Crippen molar-refractivity contribution in [3.8, 4) is 0 Å². The van der Waals surface area contributed by atoms with E-state index in [1.807, 2.05) is 4.90 Å². The summed E-state index contributed by atoms with van der Waals surface area (Å²) < 4.78 is 13.4. The predicted molar refractivity (Wildman–Crippen MR) is 84.5 cm³/mol. The van der Waals surface area contributed by atoms with Gasteiger partial charge in [0.25, 0.3) is 0 Å². The van der Waals surface area contributed by atoms with E-state index in [2.05, 4.69) is 5.32 Å². The largest absolute Gasteiger partial charge is 0.363 e. The van der Waals surface area contributed by atoms with Gasteiger partial charge in [-0.3, -0.25) is 4.79 Å². The van der Waals surface area contributed by atoms with Crippen molar-refractivity contribution in [3.05, 3.63) is 0 Å². The fraction of sp³-hybridized carbons (Fsp3) is 0.909. The van der Waals surface area contributed by atoms with Gasteiger partial charge in [-0.25, -0.2) is 0 Å². The lowest BCUT2D eigenvalue weighted by atomic mass is 9.90. The van der Waals surface area contributed by atoms with Crippen LogP contribution in [-0.4, -0.2) is 48.7 Å². The molecule has 1 unspecified atom stereocenters. The maximum atomic E-state index is 11.8. The van der Waals surface area contributed by atoms with E-state index in [4.69, 9.17) is 6.11 Å². The van der Waals surface area contributed by atoms with Gasteiger partial charge >= 0.3 is 0 Å². The van der Waals surface area contributed by atoms with Crippen molar-refractivity contribution in [2.24, 2.45) is 0 Å². The van der Waals surface area contributed by atoms with E-state index in [0.29, 0.717) is 12.6 Å². The van der Waals surface area contributed by atoms with Gasteiger partial charge in [-0.2, -0.15) is 0 Å². The summed E-state index contributed by atoms with van der Waals surface area (Å²) in [7, 11) is 0. The molecular formula is C11H22Cl4N2O2. The predicted octanol–water partition coefficient (Wildman–Crippen LogP) is 1.82. The summed E-state index contributed by atoms with van der Waals surface area (Å²) in [5.74, 6) is -0.133. The van der Waals surface area contributed by atoms with E-state index in [1.54, 1.807) is 0 Å². The molecule has 0 aromatic rings. The van der Waals surface area contributed by atoms with Crippen LogP contribution >= 0.6 is 49.6 Å². The SMILES string of the molecule is Cl.Cl.Cl.Cl.[2H]C1OC2(CCNCC2)CN(C2CC2)C1=O. The summed E-state index contributed by atoms with van der Waals surface area (Å²) >= 11 is 0. The summed E-state index contributed by atoms with van der Waals surface area (Å²) in [6, 6.07) is 0.399. The third-order valence-electron chi connectivity index (χ3n) is 3.65. The number of amides is 1. The molecule has 1 amide bonds. The lowest BCUT2D eigenvalue weighted by Gasteiger charge is -2.45. The molecule has 2 aliphatic heterocycles. The van der Waals surface area contributed by atoms with Crippen LogP contribution in [-0.2, 0) is 9.53 Å². The number of nitrogens with zero attached hydrogens (tertiary/aromatic N) is 1. The summed E-state index contributed by atoms with van der Waals surface area (Å²) in [4.78, 5) is 13.7.